The van der Waals surface area contributed by atoms with Crippen molar-refractivity contribution in [2.75, 3.05) is 5.32 Å². The Morgan fingerprint density at radius 2 is 1.88 bits per heavy atom. The van der Waals surface area contributed by atoms with Crippen molar-refractivity contribution in [2.45, 2.75) is 13.3 Å². The quantitative estimate of drug-likeness (QED) is 0.249. The lowest BCUT2D eigenvalue weighted by molar-refractivity contribution is -0.385. The molecule has 0 aliphatic heterocycles. The standard InChI is InChI=1S/C23H18N4O4S/c1-2-14-7-12-20-18(13-14)25-22(31-20)15-8-10-16(11-9-15)24-23(32)26-21(28)17-5-3-4-6-19(17)27(29)30/h3-13H,2H2,1H3,(H2,24,26,28,32). The van der Waals surface area contributed by atoms with Crippen molar-refractivity contribution in [1.82, 2.24) is 10.3 Å². The fourth-order valence-electron chi connectivity index (χ4n) is 3.17. The molecule has 0 bridgehead atoms. The van der Waals surface area contributed by atoms with E-state index >= 15 is 0 Å². The smallest absolute Gasteiger partial charge is 0.282 e. The molecule has 0 radical (unpaired) electrons. The molecule has 1 aromatic heterocycles. The molecule has 0 unspecified atom stereocenters. The van der Waals surface area contributed by atoms with Crippen molar-refractivity contribution in [3.05, 3.63) is 88.0 Å². The summed E-state index contributed by atoms with van der Waals surface area (Å²) in [6, 6.07) is 18.8. The summed E-state index contributed by atoms with van der Waals surface area (Å²) in [6.07, 6.45) is 0.923. The first kappa shape index (κ1) is 21.1. The average molecular weight is 446 g/mol. The number of aromatic nitrogens is 1. The fourth-order valence-corrected chi connectivity index (χ4v) is 3.38. The van der Waals surface area contributed by atoms with Crippen molar-refractivity contribution >= 4 is 45.7 Å². The van der Waals surface area contributed by atoms with E-state index in [4.69, 9.17) is 16.6 Å². The van der Waals surface area contributed by atoms with Gasteiger partial charge < -0.3 is 9.73 Å². The maximum absolute atomic E-state index is 12.4. The summed E-state index contributed by atoms with van der Waals surface area (Å²) < 4.78 is 5.84. The van der Waals surface area contributed by atoms with Gasteiger partial charge in [0, 0.05) is 17.3 Å². The number of hydrogen-bond donors (Lipinski definition) is 2. The van der Waals surface area contributed by atoms with Crippen LogP contribution in [0.2, 0.25) is 0 Å². The second-order valence-corrected chi connectivity index (χ2v) is 7.34. The van der Waals surface area contributed by atoms with E-state index in [-0.39, 0.29) is 16.4 Å². The molecule has 0 aliphatic carbocycles. The molecule has 4 rings (SSSR count). The van der Waals surface area contributed by atoms with E-state index in [0.717, 1.165) is 23.1 Å². The number of carbonyl (C=O) groups excluding carboxylic acids is 1. The second-order valence-electron chi connectivity index (χ2n) is 6.93. The van der Waals surface area contributed by atoms with Crippen LogP contribution >= 0.6 is 12.2 Å². The summed E-state index contributed by atoms with van der Waals surface area (Å²) in [6.45, 7) is 2.09. The van der Waals surface area contributed by atoms with Gasteiger partial charge in [0.15, 0.2) is 10.7 Å². The Hall–Kier alpha value is -4.11. The number of nitrogens with zero attached hydrogens (tertiary/aromatic N) is 2. The van der Waals surface area contributed by atoms with Crippen LogP contribution < -0.4 is 10.6 Å². The molecule has 32 heavy (non-hydrogen) atoms. The molecule has 2 N–H and O–H groups in total. The summed E-state index contributed by atoms with van der Waals surface area (Å²) in [4.78, 5) is 27.4. The van der Waals surface area contributed by atoms with Gasteiger partial charge in [0.1, 0.15) is 11.1 Å². The molecule has 4 aromatic rings. The number of hydrogen-bond acceptors (Lipinski definition) is 6. The normalized spacial score (nSPS) is 10.7. The van der Waals surface area contributed by atoms with Gasteiger partial charge in [0.05, 0.1) is 4.92 Å². The second kappa shape index (κ2) is 8.94. The number of rotatable bonds is 5. The van der Waals surface area contributed by atoms with Crippen LogP contribution in [0.5, 0.6) is 0 Å². The number of fused-ring (bicyclic) bond motifs is 1. The Kier molecular flexibility index (Phi) is 5.91. The molecule has 0 atom stereocenters. The van der Waals surface area contributed by atoms with Crippen LogP contribution in [0.3, 0.4) is 0 Å². The van der Waals surface area contributed by atoms with E-state index in [0.29, 0.717) is 11.6 Å². The zero-order valence-corrected chi connectivity index (χ0v) is 17.8. The van der Waals surface area contributed by atoms with E-state index in [1.807, 2.05) is 30.3 Å². The molecule has 0 saturated heterocycles. The summed E-state index contributed by atoms with van der Waals surface area (Å²) in [5.41, 5.74) is 3.78. The van der Waals surface area contributed by atoms with Crippen molar-refractivity contribution in [1.29, 1.82) is 0 Å². The Labute approximate surface area is 188 Å². The number of oxazole rings is 1. The molecule has 1 heterocycles. The van der Waals surface area contributed by atoms with Gasteiger partial charge in [0.25, 0.3) is 11.6 Å². The number of para-hydroxylation sites is 1. The molecular formula is C23H18N4O4S. The maximum atomic E-state index is 12.4. The highest BCUT2D eigenvalue weighted by Gasteiger charge is 2.20. The molecule has 160 valence electrons. The lowest BCUT2D eigenvalue weighted by Gasteiger charge is -2.10. The highest BCUT2D eigenvalue weighted by Crippen LogP contribution is 2.26. The van der Waals surface area contributed by atoms with Gasteiger partial charge >= 0.3 is 0 Å². The monoisotopic (exact) mass is 446 g/mol. The van der Waals surface area contributed by atoms with Gasteiger partial charge in [-0.05, 0) is 66.7 Å². The van der Waals surface area contributed by atoms with Gasteiger partial charge in [-0.2, -0.15) is 0 Å². The van der Waals surface area contributed by atoms with E-state index in [1.165, 1.54) is 23.8 Å². The summed E-state index contributed by atoms with van der Waals surface area (Å²) >= 11 is 5.17. The summed E-state index contributed by atoms with van der Waals surface area (Å²) in [7, 11) is 0. The predicted octanol–water partition coefficient (Wildman–Crippen LogP) is 5.09. The predicted molar refractivity (Wildman–Crippen MR) is 126 cm³/mol. The minimum Gasteiger partial charge on any atom is -0.436 e. The molecule has 1 amide bonds. The minimum absolute atomic E-state index is 0.0230. The van der Waals surface area contributed by atoms with Crippen molar-refractivity contribution in [3.63, 3.8) is 0 Å². The molecule has 0 spiro atoms. The molecule has 0 fully saturated rings. The minimum atomic E-state index is -0.663. The number of nitro benzene ring substituents is 1. The van der Waals surface area contributed by atoms with E-state index in [1.54, 1.807) is 18.2 Å². The zero-order chi connectivity index (χ0) is 22.7. The van der Waals surface area contributed by atoms with Gasteiger partial charge in [-0.15, -0.1) is 0 Å². The van der Waals surface area contributed by atoms with Crippen LogP contribution in [0, 0.1) is 10.1 Å². The number of anilines is 1. The molecule has 0 saturated carbocycles. The maximum Gasteiger partial charge on any atom is 0.282 e. The topological polar surface area (TPSA) is 110 Å². The average Bonchev–Trinajstić information content (AvgIpc) is 3.22. The zero-order valence-electron chi connectivity index (χ0n) is 17.0. The fraction of sp³-hybridized carbons (Fsp3) is 0.0870. The molecule has 9 heteroatoms. The first-order valence-corrected chi connectivity index (χ1v) is 10.2. The number of benzene rings is 3. The Bertz CT molecular complexity index is 1330. The number of amides is 1. The largest absolute Gasteiger partial charge is 0.436 e. The number of aryl methyl sites for hydroxylation is 1. The van der Waals surface area contributed by atoms with Crippen molar-refractivity contribution < 1.29 is 14.1 Å². The van der Waals surface area contributed by atoms with Crippen LogP contribution in [0.25, 0.3) is 22.6 Å². The van der Waals surface area contributed by atoms with Crippen LogP contribution in [0.15, 0.2) is 71.1 Å². The van der Waals surface area contributed by atoms with E-state index < -0.39 is 10.8 Å². The molecule has 8 nitrogen and oxygen atoms in total. The molecular weight excluding hydrogens is 428 g/mol. The third kappa shape index (κ3) is 4.47. The van der Waals surface area contributed by atoms with Crippen LogP contribution in [-0.4, -0.2) is 20.9 Å². The van der Waals surface area contributed by atoms with Gasteiger partial charge in [-0.1, -0.05) is 25.1 Å². The number of nitrogens with one attached hydrogen (secondary N) is 2. The number of thiocarbonyl (C=S) groups is 1. The van der Waals surface area contributed by atoms with Crippen LogP contribution in [0.1, 0.15) is 22.8 Å². The third-order valence-electron chi connectivity index (χ3n) is 4.82. The lowest BCUT2D eigenvalue weighted by atomic mass is 10.1. The number of nitro groups is 1. The molecule has 0 aliphatic rings. The molecule has 3 aromatic carbocycles. The van der Waals surface area contributed by atoms with Gasteiger partial charge in [-0.3, -0.25) is 20.2 Å². The summed E-state index contributed by atoms with van der Waals surface area (Å²) in [5.74, 6) is -0.156. The highest BCUT2D eigenvalue weighted by molar-refractivity contribution is 7.80. The van der Waals surface area contributed by atoms with Gasteiger partial charge in [-0.25, -0.2) is 4.98 Å². The van der Waals surface area contributed by atoms with E-state index in [2.05, 4.69) is 22.5 Å². The lowest BCUT2D eigenvalue weighted by Crippen LogP contribution is -2.34. The highest BCUT2D eigenvalue weighted by atomic mass is 32.1. The van der Waals surface area contributed by atoms with Crippen molar-refractivity contribution in [3.8, 4) is 11.5 Å². The number of carbonyl (C=O) groups is 1. The third-order valence-corrected chi connectivity index (χ3v) is 5.03. The summed E-state index contributed by atoms with van der Waals surface area (Å²) in [5, 5.41) is 16.5. The van der Waals surface area contributed by atoms with Crippen LogP contribution in [0.4, 0.5) is 11.4 Å². The van der Waals surface area contributed by atoms with Crippen molar-refractivity contribution in [2.24, 2.45) is 0 Å². The Morgan fingerprint density at radius 1 is 1.12 bits per heavy atom. The van der Waals surface area contributed by atoms with E-state index in [9.17, 15) is 14.9 Å². The Balaban J connectivity index is 1.44. The SMILES string of the molecule is CCc1ccc2oc(-c3ccc(NC(=S)NC(=O)c4ccccc4[N+](=O)[O-])cc3)nc2c1. The first-order valence-electron chi connectivity index (χ1n) is 9.80. The van der Waals surface area contributed by atoms with Gasteiger partial charge in [0.2, 0.25) is 5.89 Å². The first-order chi connectivity index (χ1) is 15.4. The van der Waals surface area contributed by atoms with Crippen LogP contribution in [-0.2, 0) is 6.42 Å². The Morgan fingerprint density at radius 3 is 2.59 bits per heavy atom.